The Labute approximate surface area is 62.1 Å². The van der Waals surface area contributed by atoms with Gasteiger partial charge in [0, 0.05) is 0 Å². The van der Waals surface area contributed by atoms with Crippen LogP contribution in [0.25, 0.3) is 0 Å². The van der Waals surface area contributed by atoms with Crippen molar-refractivity contribution >= 4 is 54.5 Å². The molecule has 0 saturated heterocycles. The third-order valence-electron chi connectivity index (χ3n) is 0. The Morgan fingerprint density at radius 1 is 1.60 bits per heavy atom. The van der Waals surface area contributed by atoms with Crippen molar-refractivity contribution in [2.45, 2.75) is 8.16 Å². The second-order valence-electron chi connectivity index (χ2n) is 0.781. The van der Waals surface area contributed by atoms with E-state index < -0.39 is 0 Å². The molecule has 3 heteroatoms. The van der Waals surface area contributed by atoms with Gasteiger partial charge in [-0.25, -0.2) is 0 Å². The van der Waals surface area contributed by atoms with Crippen LogP contribution in [0.1, 0.15) is 6.92 Å². The van der Waals surface area contributed by atoms with Crippen LogP contribution in [-0.4, -0.2) is 1.24 Å². The van der Waals surface area contributed by atoms with Gasteiger partial charge in [-0.2, -0.15) is 0 Å². The Kier molecular flexibility index (Phi) is 2.83. The highest BCUT2D eigenvalue weighted by atomic mass is 127. The minimum absolute atomic E-state index is 0.0950. The Hall–Kier alpha value is 1.69. The van der Waals surface area contributed by atoms with Crippen molar-refractivity contribution in [3.8, 4) is 0 Å². The van der Waals surface area contributed by atoms with E-state index in [4.69, 9.17) is 0 Å². The molecule has 0 aromatic heterocycles. The van der Waals surface area contributed by atoms with Gasteiger partial charge in [0.2, 0.25) is 0 Å². The van der Waals surface area contributed by atoms with Gasteiger partial charge in [0.1, 0.15) is 1.24 Å². The third-order valence-corrected chi connectivity index (χ3v) is 0. The van der Waals surface area contributed by atoms with E-state index >= 15 is 0 Å². The molecule has 0 aliphatic heterocycles. The molecule has 0 amide bonds. The maximum atomic E-state index is 3.28. The van der Waals surface area contributed by atoms with Gasteiger partial charge in [0.25, 0.3) is 0 Å². The molecule has 0 aliphatic rings. The van der Waals surface area contributed by atoms with Gasteiger partial charge in [0.05, 0.1) is 0 Å². The number of halogens is 3. The fraction of sp³-hybridized carbons (Fsp3) is 1.00. The molecule has 0 bridgehead atoms. The van der Waals surface area contributed by atoms with Crippen molar-refractivity contribution in [1.29, 1.82) is 0 Å². The lowest BCUT2D eigenvalue weighted by Crippen LogP contribution is -1.83. The molecule has 0 aromatic carbocycles. The van der Waals surface area contributed by atoms with Gasteiger partial charge in [0.15, 0.2) is 0 Å². The highest BCUT2D eigenvalue weighted by Gasteiger charge is 2.04. The maximum absolute atomic E-state index is 3.28. The summed E-state index contributed by atoms with van der Waals surface area (Å²) in [5.74, 6) is 0. The number of hydrogen-bond donors (Lipinski definition) is 0. The van der Waals surface area contributed by atoms with Gasteiger partial charge < -0.3 is 0 Å². The van der Waals surface area contributed by atoms with Crippen molar-refractivity contribution in [3.63, 3.8) is 0 Å². The highest BCUT2D eigenvalue weighted by molar-refractivity contribution is 14.1. The SMILES string of the molecule is CC(Br)(Br)I. The van der Waals surface area contributed by atoms with E-state index in [9.17, 15) is 0 Å². The summed E-state index contributed by atoms with van der Waals surface area (Å²) in [7, 11) is 0. The lowest BCUT2D eigenvalue weighted by atomic mass is 11.0. The van der Waals surface area contributed by atoms with Crippen LogP contribution in [0.5, 0.6) is 0 Å². The summed E-state index contributed by atoms with van der Waals surface area (Å²) < 4.78 is 0.0950. The zero-order valence-electron chi connectivity index (χ0n) is 2.63. The van der Waals surface area contributed by atoms with Crippen LogP contribution in [0.3, 0.4) is 0 Å². The normalized spacial score (nSPS) is 12.0. The zero-order valence-corrected chi connectivity index (χ0v) is 7.96. The molecule has 5 heavy (non-hydrogen) atoms. The average Bonchev–Trinajstić information content (AvgIpc) is 0.722. The van der Waals surface area contributed by atoms with Crippen molar-refractivity contribution in [3.05, 3.63) is 0 Å². The van der Waals surface area contributed by atoms with Crippen molar-refractivity contribution in [2.24, 2.45) is 0 Å². The molecule has 0 spiro atoms. The van der Waals surface area contributed by atoms with Crippen molar-refractivity contribution in [2.75, 3.05) is 0 Å². The second-order valence-corrected chi connectivity index (χ2v) is 10.1. The van der Waals surface area contributed by atoms with Gasteiger partial charge in [-0.15, -0.1) is 0 Å². The molecule has 0 N–H and O–H groups in total. The minimum Gasteiger partial charge on any atom is -0.0613 e. The van der Waals surface area contributed by atoms with Crippen LogP contribution in [0.2, 0.25) is 0 Å². The smallest absolute Gasteiger partial charge is 0.0613 e. The van der Waals surface area contributed by atoms with E-state index in [-0.39, 0.29) is 1.24 Å². The fourth-order valence-corrected chi connectivity index (χ4v) is 0. The molecular formula is C2H3Br2I. The first-order chi connectivity index (χ1) is 2.00. The Bertz CT molecular complexity index is 23.1. The van der Waals surface area contributed by atoms with Crippen LogP contribution in [0, 0.1) is 0 Å². The lowest BCUT2D eigenvalue weighted by Gasteiger charge is -1.96. The molecule has 0 aromatic rings. The zero-order chi connectivity index (χ0) is 4.50. The second kappa shape index (κ2) is 2.12. The first kappa shape index (κ1) is 6.69. The molecule has 0 atom stereocenters. The summed E-state index contributed by atoms with van der Waals surface area (Å²) in [5, 5.41) is 0. The Morgan fingerprint density at radius 3 is 1.60 bits per heavy atom. The van der Waals surface area contributed by atoms with Crippen molar-refractivity contribution in [1.82, 2.24) is 0 Å². The van der Waals surface area contributed by atoms with Crippen LogP contribution < -0.4 is 0 Å². The largest absolute Gasteiger partial charge is 0.128 e. The summed E-state index contributed by atoms with van der Waals surface area (Å²) in [6.45, 7) is 2.01. The van der Waals surface area contributed by atoms with Gasteiger partial charge in [-0.05, 0) is 6.92 Å². The summed E-state index contributed by atoms with van der Waals surface area (Å²) in [6, 6.07) is 0. The first-order valence-electron chi connectivity index (χ1n) is 1.07. The number of rotatable bonds is 0. The Morgan fingerprint density at radius 2 is 1.60 bits per heavy atom. The van der Waals surface area contributed by atoms with Crippen molar-refractivity contribution < 1.29 is 0 Å². The van der Waals surface area contributed by atoms with Gasteiger partial charge in [-0.1, -0.05) is 54.5 Å². The van der Waals surface area contributed by atoms with Crippen LogP contribution in [-0.2, 0) is 0 Å². The summed E-state index contributed by atoms with van der Waals surface area (Å²) in [4.78, 5) is 0. The van der Waals surface area contributed by atoms with Crippen LogP contribution in [0.15, 0.2) is 0 Å². The lowest BCUT2D eigenvalue weighted by molar-refractivity contribution is 1.44. The molecule has 0 saturated carbocycles. The molecule has 0 aliphatic carbocycles. The average molecular weight is 314 g/mol. The van der Waals surface area contributed by atoms with Crippen LogP contribution >= 0.6 is 54.5 Å². The third kappa shape index (κ3) is 27.1. The van der Waals surface area contributed by atoms with E-state index in [0.717, 1.165) is 0 Å². The predicted octanol–water partition coefficient (Wildman–Crippen LogP) is 2.88. The standard InChI is InChI=1S/C2H3Br2I/c1-2(3,4)5/h1H3. The minimum atomic E-state index is 0.0950. The quantitative estimate of drug-likeness (QED) is 0.476. The first-order valence-corrected chi connectivity index (χ1v) is 3.73. The number of hydrogen-bond acceptors (Lipinski definition) is 0. The van der Waals surface area contributed by atoms with Gasteiger partial charge >= 0.3 is 0 Å². The number of alkyl halides is 3. The van der Waals surface area contributed by atoms with E-state index in [1.165, 1.54) is 0 Å². The molecule has 0 rings (SSSR count). The van der Waals surface area contributed by atoms with E-state index in [1.54, 1.807) is 0 Å². The molecular weight excluding hydrogens is 311 g/mol. The molecule has 0 fully saturated rings. The highest BCUT2D eigenvalue weighted by Crippen LogP contribution is 2.32. The maximum Gasteiger partial charge on any atom is 0.128 e. The topological polar surface area (TPSA) is 0 Å². The molecule has 0 unspecified atom stereocenters. The summed E-state index contributed by atoms with van der Waals surface area (Å²) >= 11 is 8.77. The fourth-order valence-electron chi connectivity index (χ4n) is 0. The summed E-state index contributed by atoms with van der Waals surface area (Å²) in [5.41, 5.74) is 0. The molecule has 0 heterocycles. The van der Waals surface area contributed by atoms with E-state index in [2.05, 4.69) is 54.5 Å². The van der Waals surface area contributed by atoms with Crippen LogP contribution in [0.4, 0.5) is 0 Å². The van der Waals surface area contributed by atoms with E-state index in [0.29, 0.717) is 0 Å². The summed E-state index contributed by atoms with van der Waals surface area (Å²) in [6.07, 6.45) is 0. The van der Waals surface area contributed by atoms with E-state index in [1.807, 2.05) is 6.92 Å². The predicted molar refractivity (Wildman–Crippen MR) is 40.3 cm³/mol. The molecule has 0 nitrogen and oxygen atoms in total. The molecule has 32 valence electrons. The van der Waals surface area contributed by atoms with Gasteiger partial charge in [-0.3, -0.25) is 0 Å². The molecule has 0 radical (unpaired) electrons. The Balaban J connectivity index is 3.02. The monoisotopic (exact) mass is 312 g/mol.